The number of carbonyl (C=O) groups is 2. The molecule has 4 N–H and O–H groups in total. The lowest BCUT2D eigenvalue weighted by molar-refractivity contribution is -0.137. The van der Waals surface area contributed by atoms with Crippen LogP contribution in [0, 0.1) is 0 Å². The van der Waals surface area contributed by atoms with Gasteiger partial charge < -0.3 is 25.4 Å². The molecule has 0 amide bonds. The van der Waals surface area contributed by atoms with Crippen LogP contribution in [0.3, 0.4) is 0 Å². The molecule has 0 aromatic heterocycles. The minimum atomic E-state index is -4.54. The van der Waals surface area contributed by atoms with E-state index in [1.807, 2.05) is 0 Å². The van der Waals surface area contributed by atoms with Gasteiger partial charge in [0.05, 0.1) is 5.56 Å². The summed E-state index contributed by atoms with van der Waals surface area (Å²) in [6.07, 6.45) is 0. The van der Waals surface area contributed by atoms with Crippen molar-refractivity contribution in [3.8, 4) is 0 Å². The molecule has 0 bridgehead atoms. The first-order chi connectivity index (χ1) is 10.7. The van der Waals surface area contributed by atoms with Crippen molar-refractivity contribution in [2.75, 3.05) is 20.4 Å². The SMILES string of the molecule is CN(CC(=O)O)/C(N)=N\P(=O)(O)OCOC(=O)c1ccccc1. The smallest absolute Gasteiger partial charge is 0.457 e. The van der Waals surface area contributed by atoms with Crippen LogP contribution in [0.15, 0.2) is 35.1 Å². The highest BCUT2D eigenvalue weighted by atomic mass is 31.2. The van der Waals surface area contributed by atoms with Crippen molar-refractivity contribution >= 4 is 25.6 Å². The van der Waals surface area contributed by atoms with Gasteiger partial charge in [-0.15, -0.1) is 4.76 Å². The van der Waals surface area contributed by atoms with Crippen molar-refractivity contribution < 1.29 is 33.4 Å². The molecular formula is C12H16N3O7P. The topological polar surface area (TPSA) is 152 Å². The van der Waals surface area contributed by atoms with E-state index in [1.165, 1.54) is 19.2 Å². The van der Waals surface area contributed by atoms with Gasteiger partial charge in [0.2, 0.25) is 12.8 Å². The Labute approximate surface area is 131 Å². The van der Waals surface area contributed by atoms with E-state index in [0.717, 1.165) is 4.90 Å². The third-order valence-electron chi connectivity index (χ3n) is 2.41. The van der Waals surface area contributed by atoms with Gasteiger partial charge in [-0.25, -0.2) is 9.36 Å². The number of nitrogens with zero attached hydrogens (tertiary/aromatic N) is 2. The van der Waals surface area contributed by atoms with Crippen LogP contribution in [0.25, 0.3) is 0 Å². The van der Waals surface area contributed by atoms with Gasteiger partial charge in [0.15, 0.2) is 0 Å². The molecule has 0 radical (unpaired) electrons. The number of hydrogen-bond acceptors (Lipinski definition) is 5. The van der Waals surface area contributed by atoms with Crippen LogP contribution in [0.5, 0.6) is 0 Å². The van der Waals surface area contributed by atoms with E-state index in [0.29, 0.717) is 0 Å². The number of benzene rings is 1. The number of carboxylic acids is 1. The summed E-state index contributed by atoms with van der Waals surface area (Å²) in [5.41, 5.74) is 5.61. The Kier molecular flexibility index (Phi) is 6.70. The molecule has 11 heteroatoms. The Morgan fingerprint density at radius 2 is 1.96 bits per heavy atom. The van der Waals surface area contributed by atoms with Gasteiger partial charge in [-0.3, -0.25) is 9.32 Å². The van der Waals surface area contributed by atoms with E-state index in [9.17, 15) is 19.0 Å². The number of guanidine groups is 1. The molecule has 0 spiro atoms. The second-order valence-electron chi connectivity index (χ2n) is 4.24. The molecule has 23 heavy (non-hydrogen) atoms. The van der Waals surface area contributed by atoms with Crippen LogP contribution in [-0.2, 0) is 18.6 Å². The van der Waals surface area contributed by atoms with Gasteiger partial charge in [-0.05, 0) is 12.1 Å². The zero-order chi connectivity index (χ0) is 17.5. The Hall–Kier alpha value is -2.42. The summed E-state index contributed by atoms with van der Waals surface area (Å²) in [5, 5.41) is 8.57. The lowest BCUT2D eigenvalue weighted by Crippen LogP contribution is -2.37. The highest BCUT2D eigenvalue weighted by molar-refractivity contribution is 7.51. The number of hydrogen-bond donors (Lipinski definition) is 3. The van der Waals surface area contributed by atoms with Gasteiger partial charge in [0.1, 0.15) is 6.54 Å². The molecule has 1 rings (SSSR count). The van der Waals surface area contributed by atoms with E-state index in [2.05, 4.69) is 14.0 Å². The van der Waals surface area contributed by atoms with Crippen LogP contribution in [0.4, 0.5) is 0 Å². The molecule has 1 unspecified atom stereocenters. The molecule has 0 saturated heterocycles. The van der Waals surface area contributed by atoms with Crippen LogP contribution in [-0.4, -0.2) is 53.2 Å². The number of rotatable bonds is 7. The van der Waals surface area contributed by atoms with Crippen molar-refractivity contribution in [2.45, 2.75) is 0 Å². The van der Waals surface area contributed by atoms with Crippen molar-refractivity contribution in [1.82, 2.24) is 4.90 Å². The van der Waals surface area contributed by atoms with Crippen molar-refractivity contribution in [3.63, 3.8) is 0 Å². The third kappa shape index (κ3) is 6.92. The maximum atomic E-state index is 11.6. The highest BCUT2D eigenvalue weighted by Crippen LogP contribution is 2.43. The van der Waals surface area contributed by atoms with Gasteiger partial charge in [-0.2, -0.15) is 0 Å². The second kappa shape index (κ2) is 8.28. The predicted octanol–water partition coefficient (Wildman–Crippen LogP) is 0.249. The van der Waals surface area contributed by atoms with E-state index in [1.54, 1.807) is 18.2 Å². The summed E-state index contributed by atoms with van der Waals surface area (Å²) in [6, 6.07) is 7.95. The fourth-order valence-electron chi connectivity index (χ4n) is 1.32. The highest BCUT2D eigenvalue weighted by Gasteiger charge is 2.21. The zero-order valence-electron chi connectivity index (χ0n) is 12.2. The molecule has 10 nitrogen and oxygen atoms in total. The lowest BCUT2D eigenvalue weighted by Gasteiger charge is -2.16. The predicted molar refractivity (Wildman–Crippen MR) is 79.5 cm³/mol. The van der Waals surface area contributed by atoms with Gasteiger partial charge >= 0.3 is 19.7 Å². The number of aliphatic carboxylic acids is 1. The van der Waals surface area contributed by atoms with Gasteiger partial charge in [-0.1, -0.05) is 18.2 Å². The van der Waals surface area contributed by atoms with Gasteiger partial charge in [0, 0.05) is 7.05 Å². The molecule has 0 saturated carbocycles. The molecule has 1 aromatic rings. The summed E-state index contributed by atoms with van der Waals surface area (Å²) in [6.45, 7) is -1.33. The first kappa shape index (κ1) is 18.6. The Balaban J connectivity index is 2.54. The minimum Gasteiger partial charge on any atom is -0.480 e. The number of carbonyl (C=O) groups excluding carboxylic acids is 1. The Morgan fingerprint density at radius 3 is 2.52 bits per heavy atom. The van der Waals surface area contributed by atoms with Crippen molar-refractivity contribution in [3.05, 3.63) is 35.9 Å². The Bertz CT molecular complexity index is 635. The summed E-state index contributed by atoms with van der Waals surface area (Å²) in [7, 11) is -3.28. The van der Waals surface area contributed by atoms with Crippen LogP contribution in [0.2, 0.25) is 0 Å². The molecule has 0 aliphatic carbocycles. The molecular weight excluding hydrogens is 329 g/mol. The fraction of sp³-hybridized carbons (Fsp3) is 0.250. The third-order valence-corrected chi connectivity index (χ3v) is 3.31. The summed E-state index contributed by atoms with van der Waals surface area (Å²) in [5.74, 6) is -2.45. The summed E-state index contributed by atoms with van der Waals surface area (Å²) in [4.78, 5) is 32.5. The normalized spacial score (nSPS) is 13.9. The maximum Gasteiger partial charge on any atom is 0.457 e. The molecule has 0 aliphatic heterocycles. The van der Waals surface area contributed by atoms with E-state index in [4.69, 9.17) is 10.8 Å². The van der Waals surface area contributed by atoms with Crippen LogP contribution < -0.4 is 5.73 Å². The van der Waals surface area contributed by atoms with E-state index < -0.39 is 39.0 Å². The molecule has 0 fully saturated rings. The molecule has 126 valence electrons. The standard InChI is InChI=1S/C12H16N3O7P/c1-15(7-10(16)17)12(13)14-23(19,20)22-8-21-11(18)9-5-3-2-4-6-9/h2-6H,7-8H2,1H3,(H,16,17)(H3,13,14,19,20). The number of likely N-dealkylation sites (N-methyl/N-ethyl adjacent to an activating group) is 1. The van der Waals surface area contributed by atoms with Crippen LogP contribution >= 0.6 is 7.75 Å². The quantitative estimate of drug-likeness (QED) is 0.207. The summed E-state index contributed by atoms with van der Waals surface area (Å²) >= 11 is 0. The van der Waals surface area contributed by atoms with E-state index >= 15 is 0 Å². The average Bonchev–Trinajstić information content (AvgIpc) is 2.46. The largest absolute Gasteiger partial charge is 0.480 e. The summed E-state index contributed by atoms with van der Waals surface area (Å²) < 4.78 is 24.0. The molecule has 1 atom stereocenters. The van der Waals surface area contributed by atoms with E-state index in [-0.39, 0.29) is 5.56 Å². The molecule has 0 heterocycles. The minimum absolute atomic E-state index is 0.244. The first-order valence-corrected chi connectivity index (χ1v) is 7.72. The monoisotopic (exact) mass is 345 g/mol. The maximum absolute atomic E-state index is 11.6. The van der Waals surface area contributed by atoms with Gasteiger partial charge in [0.25, 0.3) is 0 Å². The average molecular weight is 345 g/mol. The number of carboxylic acid groups (broad SMARTS) is 1. The van der Waals surface area contributed by atoms with Crippen molar-refractivity contribution in [1.29, 1.82) is 0 Å². The number of ether oxygens (including phenoxy) is 1. The number of nitrogens with two attached hydrogens (primary N) is 1. The number of esters is 1. The zero-order valence-corrected chi connectivity index (χ0v) is 13.1. The first-order valence-electron chi connectivity index (χ1n) is 6.19. The van der Waals surface area contributed by atoms with Crippen LogP contribution in [0.1, 0.15) is 10.4 Å². The molecule has 1 aromatic carbocycles. The lowest BCUT2D eigenvalue weighted by atomic mass is 10.2. The molecule has 0 aliphatic rings. The van der Waals surface area contributed by atoms with Crippen molar-refractivity contribution in [2.24, 2.45) is 10.5 Å². The fourth-order valence-corrected chi connectivity index (χ4v) is 1.98. The Morgan fingerprint density at radius 1 is 1.35 bits per heavy atom. The second-order valence-corrected chi connectivity index (χ2v) is 5.68.